The van der Waals surface area contributed by atoms with Crippen molar-refractivity contribution in [2.45, 2.75) is 350 Å². The fourth-order valence-electron chi connectivity index (χ4n) is 11.4. The Bertz CT molecular complexity index is 1340. The van der Waals surface area contributed by atoms with Gasteiger partial charge in [-0.3, -0.25) is 14.4 Å². The van der Waals surface area contributed by atoms with E-state index in [1.807, 2.05) is 6.07 Å². The van der Waals surface area contributed by atoms with Crippen LogP contribution in [0.4, 0.5) is 0 Å². The highest BCUT2D eigenvalue weighted by molar-refractivity contribution is 6.05. The first-order valence-corrected chi connectivity index (χ1v) is 34.7. The minimum atomic E-state index is -0.165. The third kappa shape index (κ3) is 45.3. The van der Waals surface area contributed by atoms with Crippen molar-refractivity contribution < 1.29 is 14.4 Å². The second-order valence-corrected chi connectivity index (χ2v) is 24.6. The molecule has 0 aromatic heterocycles. The van der Waals surface area contributed by atoms with E-state index in [2.05, 4.69) is 56.7 Å². The van der Waals surface area contributed by atoms with Crippen LogP contribution in [-0.4, -0.2) is 73.1 Å². The SMILES string of the molecule is CCCCCCCCCCCC(C)CNC(=O)c1cc(C(=O)CCN(CCCCCCCCCCC)CCCCCCCCCCC)cc(C(=O)CCN(CCCCCCCCCCC)CCCCCCCCCCC)c1. The van der Waals surface area contributed by atoms with Crippen molar-refractivity contribution in [3.05, 3.63) is 34.9 Å². The standard InChI is InChI=1S/C71H133N3O3/c1-7-12-17-22-27-32-37-42-47-52-65(6)64-72-71(77)68-62-66(69(75)53-59-73(55-48-43-38-33-28-23-18-13-8-2)56-49-44-39-34-29-24-19-14-9-3)61-67(63-68)70(76)54-60-74(57-50-45-40-35-30-25-20-15-10-4)58-51-46-41-36-31-26-21-16-11-5/h61-63,65H,7-60,64H2,1-6H3,(H,72,77). The lowest BCUT2D eigenvalue weighted by molar-refractivity contribution is 0.0947. The molecule has 0 radical (unpaired) electrons. The molecule has 0 saturated carbocycles. The van der Waals surface area contributed by atoms with Gasteiger partial charge >= 0.3 is 0 Å². The van der Waals surface area contributed by atoms with Gasteiger partial charge in [0.05, 0.1) is 0 Å². The number of carbonyl (C=O) groups is 3. The van der Waals surface area contributed by atoms with Crippen LogP contribution in [0.1, 0.15) is 381 Å². The summed E-state index contributed by atoms with van der Waals surface area (Å²) in [5.41, 5.74) is 1.50. The fourth-order valence-corrected chi connectivity index (χ4v) is 11.4. The molecule has 6 heteroatoms. The number of nitrogens with one attached hydrogen (secondary N) is 1. The maximum Gasteiger partial charge on any atom is 0.251 e. The number of benzene rings is 1. The number of carbonyl (C=O) groups excluding carboxylic acids is 3. The lowest BCUT2D eigenvalue weighted by atomic mass is 9.97. The Kier molecular flexibility index (Phi) is 52.9. The van der Waals surface area contributed by atoms with Crippen LogP contribution in [0.15, 0.2) is 18.2 Å². The first-order valence-electron chi connectivity index (χ1n) is 34.7. The number of rotatable bonds is 61. The summed E-state index contributed by atoms with van der Waals surface area (Å²) in [4.78, 5) is 47.9. The van der Waals surface area contributed by atoms with Gasteiger partial charge in [0.2, 0.25) is 0 Å². The first-order chi connectivity index (χ1) is 37.8. The number of hydrogen-bond donors (Lipinski definition) is 1. The van der Waals surface area contributed by atoms with Crippen molar-refractivity contribution in [3.63, 3.8) is 0 Å². The van der Waals surface area contributed by atoms with E-state index in [1.54, 1.807) is 12.1 Å². The van der Waals surface area contributed by atoms with Crippen LogP contribution in [-0.2, 0) is 0 Å². The monoisotopic (exact) mass is 1080 g/mol. The van der Waals surface area contributed by atoms with Gasteiger partial charge in [0.25, 0.3) is 5.91 Å². The van der Waals surface area contributed by atoms with Gasteiger partial charge in [-0.1, -0.05) is 305 Å². The fraction of sp³-hybridized carbons (Fsp3) is 0.873. The van der Waals surface area contributed by atoms with E-state index in [-0.39, 0.29) is 17.5 Å². The summed E-state index contributed by atoms with van der Waals surface area (Å²) in [6, 6.07) is 5.43. The summed E-state index contributed by atoms with van der Waals surface area (Å²) in [6.45, 7) is 19.9. The number of nitrogens with zero attached hydrogens (tertiary/aromatic N) is 2. The van der Waals surface area contributed by atoms with E-state index in [1.165, 1.54) is 289 Å². The normalized spacial score (nSPS) is 12.1. The number of Topliss-reactive ketones (excluding diaryl/α,β-unsaturated/α-hetero) is 2. The second-order valence-electron chi connectivity index (χ2n) is 24.6. The van der Waals surface area contributed by atoms with Crippen molar-refractivity contribution in [2.24, 2.45) is 5.92 Å². The number of ketones is 2. The quantitative estimate of drug-likeness (QED) is 0.0520. The van der Waals surface area contributed by atoms with Crippen LogP contribution in [0.3, 0.4) is 0 Å². The van der Waals surface area contributed by atoms with E-state index < -0.39 is 0 Å². The summed E-state index contributed by atoms with van der Waals surface area (Å²) in [6.07, 6.45) is 61.1. The van der Waals surface area contributed by atoms with Crippen LogP contribution in [0, 0.1) is 5.92 Å². The molecule has 1 unspecified atom stereocenters. The molecule has 1 aromatic rings. The molecule has 1 rings (SSSR count). The summed E-state index contributed by atoms with van der Waals surface area (Å²) in [5, 5.41) is 3.23. The molecule has 0 aliphatic heterocycles. The number of unbranched alkanes of at least 4 members (excludes halogenated alkanes) is 40. The van der Waals surface area contributed by atoms with Crippen LogP contribution in [0.5, 0.6) is 0 Å². The molecular weight excluding hydrogens is 943 g/mol. The average molecular weight is 1080 g/mol. The van der Waals surface area contributed by atoms with Crippen molar-refractivity contribution in [3.8, 4) is 0 Å². The summed E-state index contributed by atoms with van der Waals surface area (Å²) >= 11 is 0. The Morgan fingerprint density at radius 2 is 0.558 bits per heavy atom. The molecule has 0 fully saturated rings. The molecule has 77 heavy (non-hydrogen) atoms. The molecule has 1 atom stereocenters. The Morgan fingerprint density at radius 3 is 0.831 bits per heavy atom. The van der Waals surface area contributed by atoms with Gasteiger partial charge < -0.3 is 15.1 Å². The van der Waals surface area contributed by atoms with E-state index in [0.717, 1.165) is 45.7 Å². The maximum absolute atomic E-state index is 14.4. The zero-order valence-corrected chi connectivity index (χ0v) is 52.8. The van der Waals surface area contributed by atoms with E-state index in [9.17, 15) is 14.4 Å². The molecule has 1 amide bonds. The molecule has 0 bridgehead atoms. The number of hydrogen-bond acceptors (Lipinski definition) is 5. The van der Waals surface area contributed by atoms with Gasteiger partial charge in [0, 0.05) is 49.2 Å². The second kappa shape index (κ2) is 55.8. The molecule has 0 spiro atoms. The topological polar surface area (TPSA) is 69.7 Å². The zero-order chi connectivity index (χ0) is 55.9. The highest BCUT2D eigenvalue weighted by Crippen LogP contribution is 2.20. The van der Waals surface area contributed by atoms with Gasteiger partial charge in [-0.25, -0.2) is 0 Å². The van der Waals surface area contributed by atoms with Crippen molar-refractivity contribution >= 4 is 17.5 Å². The number of amides is 1. The van der Waals surface area contributed by atoms with Gasteiger partial charge in [0.1, 0.15) is 0 Å². The van der Waals surface area contributed by atoms with Crippen molar-refractivity contribution in [1.82, 2.24) is 15.1 Å². The molecular formula is C71H133N3O3. The third-order valence-corrected chi connectivity index (χ3v) is 16.9. The van der Waals surface area contributed by atoms with Crippen LogP contribution in [0.2, 0.25) is 0 Å². The lowest BCUT2D eigenvalue weighted by Crippen LogP contribution is -2.30. The minimum absolute atomic E-state index is 0.0499. The predicted molar refractivity (Wildman–Crippen MR) is 339 cm³/mol. The van der Waals surface area contributed by atoms with E-state index in [0.29, 0.717) is 42.0 Å². The van der Waals surface area contributed by atoms with Crippen LogP contribution >= 0.6 is 0 Å². The Balaban J connectivity index is 3.15. The molecule has 1 aromatic carbocycles. The maximum atomic E-state index is 14.4. The van der Waals surface area contributed by atoms with Crippen molar-refractivity contribution in [1.29, 1.82) is 0 Å². The molecule has 0 aliphatic carbocycles. The van der Waals surface area contributed by atoms with Gasteiger partial charge in [-0.05, 0) is 82.4 Å². The van der Waals surface area contributed by atoms with Crippen LogP contribution < -0.4 is 5.32 Å². The Hall–Kier alpha value is -2.05. The molecule has 1 N–H and O–H groups in total. The summed E-state index contributed by atoms with van der Waals surface area (Å²) < 4.78 is 0. The van der Waals surface area contributed by atoms with Gasteiger partial charge in [0.15, 0.2) is 11.6 Å². The molecule has 450 valence electrons. The Morgan fingerprint density at radius 1 is 0.325 bits per heavy atom. The average Bonchev–Trinajstić information content (AvgIpc) is 3.44. The van der Waals surface area contributed by atoms with Gasteiger partial charge in [-0.15, -0.1) is 0 Å². The minimum Gasteiger partial charge on any atom is -0.352 e. The first kappa shape index (κ1) is 73.0. The molecule has 0 aliphatic rings. The van der Waals surface area contributed by atoms with Crippen molar-refractivity contribution in [2.75, 3.05) is 45.8 Å². The highest BCUT2D eigenvalue weighted by atomic mass is 16.2. The lowest BCUT2D eigenvalue weighted by Gasteiger charge is -2.23. The Labute approximate surface area is 481 Å². The van der Waals surface area contributed by atoms with E-state index >= 15 is 0 Å². The smallest absolute Gasteiger partial charge is 0.251 e. The largest absolute Gasteiger partial charge is 0.352 e. The molecule has 0 heterocycles. The highest BCUT2D eigenvalue weighted by Gasteiger charge is 2.19. The van der Waals surface area contributed by atoms with E-state index in [4.69, 9.17) is 0 Å². The van der Waals surface area contributed by atoms with Crippen LogP contribution in [0.25, 0.3) is 0 Å². The summed E-state index contributed by atoms with van der Waals surface area (Å²) in [5.74, 6) is 0.310. The molecule has 6 nitrogen and oxygen atoms in total. The van der Waals surface area contributed by atoms with Gasteiger partial charge in [-0.2, -0.15) is 0 Å². The summed E-state index contributed by atoms with van der Waals surface area (Å²) in [7, 11) is 0. The molecule has 0 saturated heterocycles. The zero-order valence-electron chi connectivity index (χ0n) is 52.8. The predicted octanol–water partition coefficient (Wildman–Crippen LogP) is 21.8. The third-order valence-electron chi connectivity index (χ3n) is 16.9.